The molecule has 1 unspecified atom stereocenters. The summed E-state index contributed by atoms with van der Waals surface area (Å²) in [5.74, 6) is -1.35. The molecule has 1 aliphatic rings. The van der Waals surface area contributed by atoms with Gasteiger partial charge in [-0.2, -0.15) is 0 Å². The Hall–Kier alpha value is -1.10. The third-order valence-electron chi connectivity index (χ3n) is 3.26. The standard InChI is InChI=1S/C11H20N2O3/c1-7(11(15)16)6-13-9-4-2-8(3-5-9)10(12)14/h7-9,13H,2-6H2,1H3,(H2,12,14)(H,15,16). The number of hydrogen-bond donors (Lipinski definition) is 3. The van der Waals surface area contributed by atoms with E-state index in [1.165, 1.54) is 0 Å². The van der Waals surface area contributed by atoms with Crippen LogP contribution in [0, 0.1) is 11.8 Å². The molecule has 5 heteroatoms. The number of nitrogens with two attached hydrogens (primary N) is 1. The van der Waals surface area contributed by atoms with Crippen LogP contribution in [0.3, 0.4) is 0 Å². The van der Waals surface area contributed by atoms with Crippen LogP contribution in [0.1, 0.15) is 32.6 Å². The Balaban J connectivity index is 2.22. The van der Waals surface area contributed by atoms with Crippen molar-refractivity contribution >= 4 is 11.9 Å². The van der Waals surface area contributed by atoms with E-state index in [1.807, 2.05) is 0 Å². The molecule has 0 bridgehead atoms. The van der Waals surface area contributed by atoms with Crippen LogP contribution in [-0.2, 0) is 9.59 Å². The Labute approximate surface area is 95.4 Å². The number of carbonyl (C=O) groups is 2. The predicted octanol–water partition coefficient (Wildman–Crippen LogP) is 0.341. The highest BCUT2D eigenvalue weighted by Gasteiger charge is 2.24. The van der Waals surface area contributed by atoms with Crippen molar-refractivity contribution in [2.45, 2.75) is 38.6 Å². The molecule has 0 aromatic carbocycles. The first-order chi connectivity index (χ1) is 7.50. The predicted molar refractivity (Wildman–Crippen MR) is 59.7 cm³/mol. The fourth-order valence-electron chi connectivity index (χ4n) is 2.01. The van der Waals surface area contributed by atoms with Gasteiger partial charge >= 0.3 is 5.97 Å². The molecule has 0 aliphatic heterocycles. The van der Waals surface area contributed by atoms with Gasteiger partial charge in [-0.25, -0.2) is 0 Å². The summed E-state index contributed by atoms with van der Waals surface area (Å²) in [5, 5.41) is 12.0. The van der Waals surface area contributed by atoms with Crippen molar-refractivity contribution in [3.05, 3.63) is 0 Å². The fraction of sp³-hybridized carbons (Fsp3) is 0.818. The molecule has 0 heterocycles. The van der Waals surface area contributed by atoms with Gasteiger partial charge in [0, 0.05) is 18.5 Å². The van der Waals surface area contributed by atoms with Gasteiger partial charge in [-0.3, -0.25) is 9.59 Å². The van der Waals surface area contributed by atoms with Crippen molar-refractivity contribution < 1.29 is 14.7 Å². The molecule has 1 atom stereocenters. The van der Waals surface area contributed by atoms with Crippen LogP contribution in [0.15, 0.2) is 0 Å². The van der Waals surface area contributed by atoms with E-state index in [0.29, 0.717) is 12.6 Å². The minimum Gasteiger partial charge on any atom is -0.481 e. The SMILES string of the molecule is CC(CNC1CCC(C(N)=O)CC1)C(=O)O. The van der Waals surface area contributed by atoms with E-state index >= 15 is 0 Å². The van der Waals surface area contributed by atoms with Crippen molar-refractivity contribution in [1.82, 2.24) is 5.32 Å². The minimum absolute atomic E-state index is 0.00921. The molecule has 0 spiro atoms. The summed E-state index contributed by atoms with van der Waals surface area (Å²) < 4.78 is 0. The van der Waals surface area contributed by atoms with Gasteiger partial charge in [0.2, 0.25) is 5.91 Å². The first kappa shape index (κ1) is 13.0. The smallest absolute Gasteiger partial charge is 0.307 e. The summed E-state index contributed by atoms with van der Waals surface area (Å²) >= 11 is 0. The molecular weight excluding hydrogens is 208 g/mol. The molecule has 4 N–H and O–H groups in total. The van der Waals surface area contributed by atoms with Gasteiger partial charge in [0.05, 0.1) is 5.92 Å². The Kier molecular flexibility index (Phi) is 4.73. The maximum atomic E-state index is 10.9. The van der Waals surface area contributed by atoms with E-state index < -0.39 is 5.97 Å². The second-order valence-corrected chi connectivity index (χ2v) is 4.60. The molecule has 1 aliphatic carbocycles. The van der Waals surface area contributed by atoms with E-state index in [0.717, 1.165) is 25.7 Å². The van der Waals surface area contributed by atoms with E-state index in [9.17, 15) is 9.59 Å². The average Bonchev–Trinajstić information content (AvgIpc) is 2.26. The Bertz CT molecular complexity index is 260. The van der Waals surface area contributed by atoms with Crippen LogP contribution in [0.4, 0.5) is 0 Å². The first-order valence-electron chi connectivity index (χ1n) is 5.76. The van der Waals surface area contributed by atoms with Crippen molar-refractivity contribution in [2.24, 2.45) is 17.6 Å². The molecule has 0 saturated heterocycles. The molecule has 16 heavy (non-hydrogen) atoms. The van der Waals surface area contributed by atoms with Gasteiger partial charge in [-0.1, -0.05) is 6.92 Å². The summed E-state index contributed by atoms with van der Waals surface area (Å²) in [6.45, 7) is 2.17. The highest BCUT2D eigenvalue weighted by atomic mass is 16.4. The molecule has 1 rings (SSSR count). The highest BCUT2D eigenvalue weighted by Crippen LogP contribution is 2.23. The second kappa shape index (κ2) is 5.84. The molecule has 0 aromatic rings. The number of rotatable bonds is 5. The lowest BCUT2D eigenvalue weighted by Gasteiger charge is -2.28. The number of aliphatic carboxylic acids is 1. The van der Waals surface area contributed by atoms with Gasteiger partial charge in [0.25, 0.3) is 0 Å². The van der Waals surface area contributed by atoms with Crippen molar-refractivity contribution in [3.8, 4) is 0 Å². The average molecular weight is 228 g/mol. The second-order valence-electron chi connectivity index (χ2n) is 4.60. The molecule has 5 nitrogen and oxygen atoms in total. The summed E-state index contributed by atoms with van der Waals surface area (Å²) in [5.41, 5.74) is 5.24. The zero-order valence-corrected chi connectivity index (χ0v) is 9.61. The lowest BCUT2D eigenvalue weighted by molar-refractivity contribution is -0.141. The first-order valence-corrected chi connectivity index (χ1v) is 5.76. The lowest BCUT2D eigenvalue weighted by Crippen LogP contribution is -2.39. The van der Waals surface area contributed by atoms with Crippen molar-refractivity contribution in [3.63, 3.8) is 0 Å². The Morgan fingerprint density at radius 3 is 2.38 bits per heavy atom. The van der Waals surface area contributed by atoms with Gasteiger partial charge in [0.15, 0.2) is 0 Å². The monoisotopic (exact) mass is 228 g/mol. The molecule has 92 valence electrons. The highest BCUT2D eigenvalue weighted by molar-refractivity contribution is 5.76. The number of carboxylic acid groups (broad SMARTS) is 1. The van der Waals surface area contributed by atoms with E-state index in [1.54, 1.807) is 6.92 Å². The van der Waals surface area contributed by atoms with Crippen LogP contribution < -0.4 is 11.1 Å². The normalized spacial score (nSPS) is 27.3. The van der Waals surface area contributed by atoms with Gasteiger partial charge in [0.1, 0.15) is 0 Å². The molecule has 1 amide bonds. The number of carboxylic acids is 1. The third-order valence-corrected chi connectivity index (χ3v) is 3.26. The minimum atomic E-state index is -0.779. The van der Waals surface area contributed by atoms with Crippen LogP contribution in [0.5, 0.6) is 0 Å². The van der Waals surface area contributed by atoms with E-state index in [4.69, 9.17) is 10.8 Å². The van der Waals surface area contributed by atoms with Crippen molar-refractivity contribution in [1.29, 1.82) is 0 Å². The Morgan fingerprint density at radius 2 is 1.94 bits per heavy atom. The molecule has 1 saturated carbocycles. The number of nitrogens with one attached hydrogen (secondary N) is 1. The number of primary amides is 1. The van der Waals surface area contributed by atoms with Crippen molar-refractivity contribution in [2.75, 3.05) is 6.54 Å². The summed E-state index contributed by atoms with van der Waals surface area (Å²) in [6.07, 6.45) is 3.43. The summed E-state index contributed by atoms with van der Waals surface area (Å²) in [4.78, 5) is 21.6. The zero-order chi connectivity index (χ0) is 12.1. The molecule has 0 radical (unpaired) electrons. The van der Waals surface area contributed by atoms with E-state index in [-0.39, 0.29) is 17.7 Å². The summed E-state index contributed by atoms with van der Waals surface area (Å²) in [7, 11) is 0. The maximum Gasteiger partial charge on any atom is 0.307 e. The summed E-state index contributed by atoms with van der Waals surface area (Å²) in [6, 6.07) is 0.331. The van der Waals surface area contributed by atoms with Crippen LogP contribution in [0.2, 0.25) is 0 Å². The Morgan fingerprint density at radius 1 is 1.38 bits per heavy atom. The lowest BCUT2D eigenvalue weighted by atomic mass is 9.85. The van der Waals surface area contributed by atoms with Gasteiger partial charge in [-0.15, -0.1) is 0 Å². The number of amides is 1. The van der Waals surface area contributed by atoms with E-state index in [2.05, 4.69) is 5.32 Å². The topological polar surface area (TPSA) is 92.4 Å². The van der Waals surface area contributed by atoms with Gasteiger partial charge in [-0.05, 0) is 25.7 Å². The van der Waals surface area contributed by atoms with Crippen LogP contribution in [-0.4, -0.2) is 29.6 Å². The van der Waals surface area contributed by atoms with Gasteiger partial charge < -0.3 is 16.2 Å². The number of hydrogen-bond acceptors (Lipinski definition) is 3. The largest absolute Gasteiger partial charge is 0.481 e. The molecule has 1 fully saturated rings. The quantitative estimate of drug-likeness (QED) is 0.632. The third kappa shape index (κ3) is 3.81. The van der Waals surface area contributed by atoms with Crippen LogP contribution >= 0.6 is 0 Å². The maximum absolute atomic E-state index is 10.9. The van der Waals surface area contributed by atoms with Crippen LogP contribution in [0.25, 0.3) is 0 Å². The molecule has 0 aromatic heterocycles. The molecular formula is C11H20N2O3. The zero-order valence-electron chi connectivity index (χ0n) is 9.61. The number of carbonyl (C=O) groups excluding carboxylic acids is 1. The fourth-order valence-corrected chi connectivity index (χ4v) is 2.01.